The minimum absolute atomic E-state index is 0.188. The van der Waals surface area contributed by atoms with Gasteiger partial charge < -0.3 is 15.1 Å². The Balaban J connectivity index is 1.53. The third kappa shape index (κ3) is 5.32. The summed E-state index contributed by atoms with van der Waals surface area (Å²) in [7, 11) is 0. The average molecular weight is 388 g/mol. The molecule has 0 bridgehead atoms. The molecule has 1 N–H and O–H groups in total. The number of aromatic nitrogens is 2. The highest BCUT2D eigenvalue weighted by atomic mass is 35.5. The van der Waals surface area contributed by atoms with Crippen molar-refractivity contribution in [1.82, 2.24) is 14.9 Å². The largest absolute Gasteiger partial charge is 0.370 e. The van der Waals surface area contributed by atoms with Gasteiger partial charge >= 0.3 is 0 Å². The molecular formula is C20H26ClN5O. The van der Waals surface area contributed by atoms with Crippen molar-refractivity contribution >= 4 is 29.3 Å². The zero-order valence-electron chi connectivity index (χ0n) is 15.9. The van der Waals surface area contributed by atoms with Crippen LogP contribution in [0.1, 0.15) is 24.6 Å². The van der Waals surface area contributed by atoms with Gasteiger partial charge in [-0.3, -0.25) is 4.79 Å². The van der Waals surface area contributed by atoms with E-state index in [-0.39, 0.29) is 5.91 Å². The predicted molar refractivity (Wildman–Crippen MR) is 109 cm³/mol. The fraction of sp³-hybridized carbons (Fsp3) is 0.450. The molecule has 27 heavy (non-hydrogen) atoms. The van der Waals surface area contributed by atoms with E-state index in [4.69, 9.17) is 11.6 Å². The van der Waals surface area contributed by atoms with Crippen LogP contribution < -0.4 is 10.2 Å². The first kappa shape index (κ1) is 19.4. The molecule has 3 rings (SSSR count). The molecule has 0 spiro atoms. The SMILES string of the molecule is CCNc1cc(C)nc(N2CCN(C(=O)CCc3cccc(Cl)c3)CC2)n1. The van der Waals surface area contributed by atoms with E-state index in [2.05, 4.69) is 20.2 Å². The van der Waals surface area contributed by atoms with Crippen LogP contribution in [0.4, 0.5) is 11.8 Å². The van der Waals surface area contributed by atoms with E-state index in [0.717, 1.165) is 42.7 Å². The number of piperazine rings is 1. The third-order valence-corrected chi connectivity index (χ3v) is 4.87. The molecule has 2 aromatic rings. The molecule has 0 saturated carbocycles. The maximum absolute atomic E-state index is 12.5. The number of rotatable bonds is 6. The number of aryl methyl sites for hydroxylation is 2. The average Bonchev–Trinajstić information content (AvgIpc) is 2.66. The zero-order chi connectivity index (χ0) is 19.2. The Kier molecular flexibility index (Phi) is 6.50. The van der Waals surface area contributed by atoms with Gasteiger partial charge in [0.05, 0.1) is 0 Å². The van der Waals surface area contributed by atoms with E-state index in [1.54, 1.807) is 0 Å². The van der Waals surface area contributed by atoms with Crippen molar-refractivity contribution in [2.24, 2.45) is 0 Å². The molecule has 1 aliphatic heterocycles. The summed E-state index contributed by atoms with van der Waals surface area (Å²) in [6, 6.07) is 9.64. The van der Waals surface area contributed by atoms with Gasteiger partial charge in [0.25, 0.3) is 0 Å². The van der Waals surface area contributed by atoms with Crippen LogP contribution >= 0.6 is 11.6 Å². The first-order chi connectivity index (χ1) is 13.0. The predicted octanol–water partition coefficient (Wildman–Crippen LogP) is 3.15. The van der Waals surface area contributed by atoms with Crippen LogP contribution in [0.25, 0.3) is 0 Å². The van der Waals surface area contributed by atoms with E-state index in [0.29, 0.717) is 31.0 Å². The molecule has 1 aliphatic rings. The normalized spacial score (nSPS) is 14.3. The lowest BCUT2D eigenvalue weighted by Crippen LogP contribution is -2.49. The van der Waals surface area contributed by atoms with Crippen LogP contribution in [-0.2, 0) is 11.2 Å². The fourth-order valence-electron chi connectivity index (χ4n) is 3.22. The van der Waals surface area contributed by atoms with Crippen molar-refractivity contribution in [1.29, 1.82) is 0 Å². The minimum atomic E-state index is 0.188. The molecular weight excluding hydrogens is 362 g/mol. The second kappa shape index (κ2) is 9.04. The standard InChI is InChI=1S/C20H26ClN5O/c1-3-22-18-13-15(2)23-20(24-18)26-11-9-25(10-12-26)19(27)8-7-16-5-4-6-17(21)14-16/h4-6,13-14H,3,7-12H2,1-2H3,(H,22,23,24). The smallest absolute Gasteiger partial charge is 0.227 e. The zero-order valence-corrected chi connectivity index (χ0v) is 16.7. The highest BCUT2D eigenvalue weighted by Gasteiger charge is 2.22. The number of carbonyl (C=O) groups excluding carboxylic acids is 1. The van der Waals surface area contributed by atoms with Gasteiger partial charge in [-0.1, -0.05) is 23.7 Å². The molecule has 6 nitrogen and oxygen atoms in total. The first-order valence-corrected chi connectivity index (χ1v) is 9.79. The van der Waals surface area contributed by atoms with Crippen LogP contribution in [0, 0.1) is 6.92 Å². The van der Waals surface area contributed by atoms with Crippen LogP contribution in [0.15, 0.2) is 30.3 Å². The molecule has 0 atom stereocenters. The van der Waals surface area contributed by atoms with Gasteiger partial charge in [-0.25, -0.2) is 4.98 Å². The quantitative estimate of drug-likeness (QED) is 0.825. The summed E-state index contributed by atoms with van der Waals surface area (Å²) in [5, 5.41) is 3.95. The van der Waals surface area contributed by atoms with Gasteiger partial charge in [0, 0.05) is 55.9 Å². The summed E-state index contributed by atoms with van der Waals surface area (Å²) in [5.41, 5.74) is 2.04. The van der Waals surface area contributed by atoms with Crippen LogP contribution in [0.5, 0.6) is 0 Å². The van der Waals surface area contributed by atoms with Crippen LogP contribution in [0.3, 0.4) is 0 Å². The number of hydrogen-bond acceptors (Lipinski definition) is 5. The highest BCUT2D eigenvalue weighted by molar-refractivity contribution is 6.30. The molecule has 144 valence electrons. The Bertz CT molecular complexity index is 790. The van der Waals surface area contributed by atoms with Crippen molar-refractivity contribution in [2.75, 3.05) is 42.9 Å². The third-order valence-electron chi connectivity index (χ3n) is 4.63. The topological polar surface area (TPSA) is 61.4 Å². The van der Waals surface area contributed by atoms with Crippen molar-refractivity contribution in [3.8, 4) is 0 Å². The molecule has 1 saturated heterocycles. The Morgan fingerprint density at radius 2 is 1.96 bits per heavy atom. The number of benzene rings is 1. The Hall–Kier alpha value is -2.34. The number of nitrogens with one attached hydrogen (secondary N) is 1. The van der Waals surface area contributed by atoms with E-state index in [1.165, 1.54) is 0 Å². The Morgan fingerprint density at radius 1 is 1.19 bits per heavy atom. The molecule has 1 aromatic heterocycles. The van der Waals surface area contributed by atoms with Gasteiger partial charge in [0.2, 0.25) is 11.9 Å². The second-order valence-electron chi connectivity index (χ2n) is 6.72. The number of hydrogen-bond donors (Lipinski definition) is 1. The van der Waals surface area contributed by atoms with Crippen molar-refractivity contribution in [3.63, 3.8) is 0 Å². The summed E-state index contributed by atoms with van der Waals surface area (Å²) >= 11 is 6.01. The molecule has 0 radical (unpaired) electrons. The van der Waals surface area contributed by atoms with E-state index >= 15 is 0 Å². The summed E-state index contributed by atoms with van der Waals surface area (Å²) in [6.07, 6.45) is 1.22. The van der Waals surface area contributed by atoms with E-state index < -0.39 is 0 Å². The summed E-state index contributed by atoms with van der Waals surface area (Å²) in [6.45, 7) is 7.73. The van der Waals surface area contributed by atoms with Gasteiger partial charge in [0.15, 0.2) is 0 Å². The van der Waals surface area contributed by atoms with Crippen LogP contribution in [-0.4, -0.2) is 53.5 Å². The number of amides is 1. The van der Waals surface area contributed by atoms with Crippen molar-refractivity contribution in [2.45, 2.75) is 26.7 Å². The maximum atomic E-state index is 12.5. The number of nitrogens with zero attached hydrogens (tertiary/aromatic N) is 4. The van der Waals surface area contributed by atoms with E-state index in [1.807, 2.05) is 49.1 Å². The lowest BCUT2D eigenvalue weighted by molar-refractivity contribution is -0.131. The molecule has 1 amide bonds. The molecule has 0 aliphatic carbocycles. The first-order valence-electron chi connectivity index (χ1n) is 9.42. The van der Waals surface area contributed by atoms with Gasteiger partial charge in [-0.05, 0) is 38.0 Å². The maximum Gasteiger partial charge on any atom is 0.227 e. The Labute approximate surface area is 165 Å². The van der Waals surface area contributed by atoms with Crippen LogP contribution in [0.2, 0.25) is 5.02 Å². The lowest BCUT2D eigenvalue weighted by atomic mass is 10.1. The monoisotopic (exact) mass is 387 g/mol. The number of anilines is 2. The minimum Gasteiger partial charge on any atom is -0.370 e. The second-order valence-corrected chi connectivity index (χ2v) is 7.16. The van der Waals surface area contributed by atoms with E-state index in [9.17, 15) is 4.79 Å². The molecule has 1 fully saturated rings. The molecule has 1 aromatic carbocycles. The highest BCUT2D eigenvalue weighted by Crippen LogP contribution is 2.17. The molecule has 2 heterocycles. The lowest BCUT2D eigenvalue weighted by Gasteiger charge is -2.35. The van der Waals surface area contributed by atoms with Crippen molar-refractivity contribution in [3.05, 3.63) is 46.6 Å². The Morgan fingerprint density at radius 3 is 2.67 bits per heavy atom. The summed E-state index contributed by atoms with van der Waals surface area (Å²) in [4.78, 5) is 25.7. The van der Waals surface area contributed by atoms with Gasteiger partial charge in [0.1, 0.15) is 5.82 Å². The van der Waals surface area contributed by atoms with Gasteiger partial charge in [-0.2, -0.15) is 4.98 Å². The van der Waals surface area contributed by atoms with Crippen molar-refractivity contribution < 1.29 is 4.79 Å². The summed E-state index contributed by atoms with van der Waals surface area (Å²) in [5.74, 6) is 1.77. The molecule has 7 heteroatoms. The summed E-state index contributed by atoms with van der Waals surface area (Å²) < 4.78 is 0. The fourth-order valence-corrected chi connectivity index (χ4v) is 3.44. The number of carbonyl (C=O) groups is 1. The molecule has 0 unspecified atom stereocenters. The van der Waals surface area contributed by atoms with Gasteiger partial charge in [-0.15, -0.1) is 0 Å². The number of halogens is 1.